The summed E-state index contributed by atoms with van der Waals surface area (Å²) in [6.45, 7) is 3.91. The van der Waals surface area contributed by atoms with Crippen LogP contribution in [0, 0.1) is 0 Å². The van der Waals surface area contributed by atoms with Crippen molar-refractivity contribution in [3.63, 3.8) is 0 Å². The van der Waals surface area contributed by atoms with E-state index >= 15 is 0 Å². The van der Waals surface area contributed by atoms with Crippen molar-refractivity contribution in [2.45, 2.75) is 302 Å². The number of aliphatic hydroxyl groups excluding tert-OH is 1. The molecule has 1 atom stereocenters. The largest absolute Gasteiger partial charge is 0.462 e. The van der Waals surface area contributed by atoms with Gasteiger partial charge in [0.1, 0.15) is 6.61 Å². The molecule has 0 saturated heterocycles. The Hall–Kier alpha value is -5.52. The molecule has 0 rings (SSSR count). The Labute approximate surface area is 555 Å². The summed E-state index contributed by atoms with van der Waals surface area (Å²) in [5, 5.41) is 9.71. The lowest BCUT2D eigenvalue weighted by molar-refractivity contribution is -0.161. The molecule has 1 N–H and O–H groups in total. The molecule has 504 valence electrons. The van der Waals surface area contributed by atoms with Crippen molar-refractivity contribution in [3.8, 4) is 0 Å². The molecule has 0 bridgehead atoms. The highest BCUT2D eigenvalue weighted by Gasteiger charge is 2.16. The Morgan fingerprint density at radius 1 is 0.256 bits per heavy atom. The fourth-order valence-electron chi connectivity index (χ4n) is 9.68. The molecule has 0 amide bonds. The molecule has 0 saturated carbocycles. The number of aliphatic hydroxyl groups is 1. The second-order valence-electron chi connectivity index (χ2n) is 23.6. The van der Waals surface area contributed by atoms with Crippen molar-refractivity contribution in [3.05, 3.63) is 207 Å². The maximum Gasteiger partial charge on any atom is 0.306 e. The molecule has 0 aromatic rings. The van der Waals surface area contributed by atoms with Gasteiger partial charge in [0.15, 0.2) is 6.10 Å². The highest BCUT2D eigenvalue weighted by molar-refractivity contribution is 5.70. The maximum absolute atomic E-state index is 12.4. The Morgan fingerprint density at radius 2 is 0.444 bits per heavy atom. The highest BCUT2D eigenvalue weighted by Crippen LogP contribution is 2.16. The van der Waals surface area contributed by atoms with Crippen LogP contribution < -0.4 is 0 Å². The van der Waals surface area contributed by atoms with Crippen LogP contribution in [0.3, 0.4) is 0 Å². The third-order valence-electron chi connectivity index (χ3n) is 15.1. The smallest absolute Gasteiger partial charge is 0.306 e. The molecule has 0 aliphatic heterocycles. The van der Waals surface area contributed by atoms with Crippen LogP contribution in [-0.4, -0.2) is 36.4 Å². The van der Waals surface area contributed by atoms with Crippen LogP contribution in [0.5, 0.6) is 0 Å². The molecule has 5 heteroatoms. The number of hydrogen-bond donors (Lipinski definition) is 1. The summed E-state index contributed by atoms with van der Waals surface area (Å²) in [6.07, 6.45) is 124. The molecule has 0 aliphatic carbocycles. The first kappa shape index (κ1) is 84.5. The van der Waals surface area contributed by atoms with Gasteiger partial charge < -0.3 is 14.6 Å². The van der Waals surface area contributed by atoms with Gasteiger partial charge in [-0.25, -0.2) is 0 Å². The van der Waals surface area contributed by atoms with Gasteiger partial charge in [-0.1, -0.05) is 342 Å². The molecule has 0 aliphatic rings. The van der Waals surface area contributed by atoms with Gasteiger partial charge in [-0.05, 0) is 148 Å². The van der Waals surface area contributed by atoms with E-state index in [2.05, 4.69) is 220 Å². The lowest BCUT2D eigenvalue weighted by atomic mass is 10.0. The Bertz CT molecular complexity index is 2090. The van der Waals surface area contributed by atoms with E-state index in [0.29, 0.717) is 12.8 Å². The van der Waals surface area contributed by atoms with Crippen LogP contribution in [0.15, 0.2) is 207 Å². The summed E-state index contributed by atoms with van der Waals surface area (Å²) in [5.74, 6) is -0.609. The Kier molecular flexibility index (Phi) is 73.0. The standard InChI is InChI=1S/C85H134O5/c1-3-5-7-9-11-13-15-17-19-21-23-25-27-29-31-33-35-37-39-40-41-42-43-44-46-47-49-51-53-55-57-59-61-63-65-67-69-71-73-75-77-79-84(87)89-82-83(81-86)90-85(88)80-78-76-74-72-70-68-66-64-62-60-58-56-54-52-50-48-45-38-36-34-32-30-28-26-24-22-20-18-16-14-12-10-8-6-4-2/h5-8,11-14,17-20,23-26,29-32,35-38,40-41,43-44,48,50,54,56,60,62,83,86H,3-4,9-10,15-16,21-22,27-28,33-34,39,42,45-47,49,51-53,55,57-59,61,63-82H2,1-2H3/b7-5-,8-6-,13-11-,14-12-,19-17-,20-18-,25-23-,26-24-,31-29-,32-30-,37-35-,38-36-,41-40-,44-43-,50-48-,56-54-,62-60-. The highest BCUT2D eigenvalue weighted by atomic mass is 16.6. The van der Waals surface area contributed by atoms with E-state index in [1.165, 1.54) is 116 Å². The molecule has 0 fully saturated rings. The number of ether oxygens (including phenoxy) is 2. The third-order valence-corrected chi connectivity index (χ3v) is 15.1. The zero-order chi connectivity index (χ0) is 64.7. The Morgan fingerprint density at radius 3 is 0.667 bits per heavy atom. The van der Waals surface area contributed by atoms with Crippen molar-refractivity contribution in [1.82, 2.24) is 0 Å². The second-order valence-corrected chi connectivity index (χ2v) is 23.6. The average Bonchev–Trinajstić information content (AvgIpc) is 3.58. The van der Waals surface area contributed by atoms with Gasteiger partial charge in [0.25, 0.3) is 0 Å². The molecule has 0 heterocycles. The van der Waals surface area contributed by atoms with Gasteiger partial charge in [0.2, 0.25) is 0 Å². The molecule has 0 aromatic heterocycles. The molecular weight excluding hydrogens is 1100 g/mol. The SMILES string of the molecule is CC/C=C\C/C=C\C/C=C\C/C=C\C/C=C\C/C=C\C/C=C\C/C=C\C/C=C\CCCCCCCCCC(=O)OC(CO)COC(=O)CCCCCCCCCCCCCCCCCC/C=C\C/C=C\C/C=C\C/C=C\C/C=C\C/C=C\C/C=C\C/C=C\CC. The van der Waals surface area contributed by atoms with E-state index in [1.807, 2.05) is 0 Å². The van der Waals surface area contributed by atoms with Crippen LogP contribution in [0.4, 0.5) is 0 Å². The third kappa shape index (κ3) is 74.9. The van der Waals surface area contributed by atoms with E-state index in [1.54, 1.807) is 0 Å². The first-order valence-electron chi connectivity index (χ1n) is 36.6. The fourth-order valence-corrected chi connectivity index (χ4v) is 9.68. The number of hydrogen-bond acceptors (Lipinski definition) is 5. The second kappa shape index (κ2) is 77.7. The average molecular weight is 1240 g/mol. The van der Waals surface area contributed by atoms with Gasteiger partial charge in [0.05, 0.1) is 6.61 Å². The predicted molar refractivity (Wildman–Crippen MR) is 398 cm³/mol. The topological polar surface area (TPSA) is 72.8 Å². The van der Waals surface area contributed by atoms with Crippen molar-refractivity contribution in [2.24, 2.45) is 0 Å². The van der Waals surface area contributed by atoms with Crippen LogP contribution >= 0.6 is 0 Å². The Balaban J connectivity index is 3.57. The molecule has 5 nitrogen and oxygen atoms in total. The van der Waals surface area contributed by atoms with Crippen LogP contribution in [0.25, 0.3) is 0 Å². The summed E-state index contributed by atoms with van der Waals surface area (Å²) >= 11 is 0. The summed E-state index contributed by atoms with van der Waals surface area (Å²) in [5.41, 5.74) is 0. The van der Waals surface area contributed by atoms with Gasteiger partial charge in [-0.15, -0.1) is 0 Å². The lowest BCUT2D eigenvalue weighted by Crippen LogP contribution is -2.28. The summed E-state index contributed by atoms with van der Waals surface area (Å²) in [7, 11) is 0. The molecular formula is C85H134O5. The molecule has 0 aromatic carbocycles. The number of carbonyl (C=O) groups excluding carboxylic acids is 2. The number of esters is 2. The van der Waals surface area contributed by atoms with Crippen molar-refractivity contribution in [1.29, 1.82) is 0 Å². The quantitative estimate of drug-likeness (QED) is 0.0373. The van der Waals surface area contributed by atoms with Crippen molar-refractivity contribution < 1.29 is 24.2 Å². The number of carbonyl (C=O) groups is 2. The zero-order valence-electron chi connectivity index (χ0n) is 57.8. The minimum Gasteiger partial charge on any atom is -0.462 e. The molecule has 0 spiro atoms. The minimum absolute atomic E-state index is 0.0807. The monoisotopic (exact) mass is 1240 g/mol. The minimum atomic E-state index is -0.794. The summed E-state index contributed by atoms with van der Waals surface area (Å²) in [6, 6.07) is 0. The molecule has 0 radical (unpaired) electrons. The predicted octanol–water partition coefficient (Wildman–Crippen LogP) is 26.1. The van der Waals surface area contributed by atoms with E-state index in [4.69, 9.17) is 9.47 Å². The summed E-state index contributed by atoms with van der Waals surface area (Å²) in [4.78, 5) is 24.7. The normalized spacial score (nSPS) is 13.5. The fraction of sp³-hybridized carbons (Fsp3) is 0.576. The van der Waals surface area contributed by atoms with Gasteiger partial charge in [-0.3, -0.25) is 9.59 Å². The van der Waals surface area contributed by atoms with Crippen LogP contribution in [0.2, 0.25) is 0 Å². The number of rotatable bonds is 65. The summed E-state index contributed by atoms with van der Waals surface area (Å²) < 4.78 is 10.8. The van der Waals surface area contributed by atoms with Gasteiger partial charge >= 0.3 is 11.9 Å². The lowest BCUT2D eigenvalue weighted by Gasteiger charge is -2.15. The van der Waals surface area contributed by atoms with E-state index in [9.17, 15) is 14.7 Å². The van der Waals surface area contributed by atoms with E-state index in [0.717, 1.165) is 154 Å². The number of allylic oxidation sites excluding steroid dienone is 34. The maximum atomic E-state index is 12.4. The zero-order valence-corrected chi connectivity index (χ0v) is 57.8. The molecule has 1 unspecified atom stereocenters. The first-order chi connectivity index (χ1) is 44.6. The van der Waals surface area contributed by atoms with Crippen LogP contribution in [-0.2, 0) is 19.1 Å². The van der Waals surface area contributed by atoms with Gasteiger partial charge in [0, 0.05) is 12.8 Å². The van der Waals surface area contributed by atoms with Crippen LogP contribution in [0.1, 0.15) is 296 Å². The van der Waals surface area contributed by atoms with Gasteiger partial charge in [-0.2, -0.15) is 0 Å². The van der Waals surface area contributed by atoms with E-state index < -0.39 is 6.10 Å². The van der Waals surface area contributed by atoms with Crippen molar-refractivity contribution in [2.75, 3.05) is 13.2 Å². The number of unbranched alkanes of at least 4 members (excludes halogenated alkanes) is 23. The molecule has 90 heavy (non-hydrogen) atoms. The first-order valence-corrected chi connectivity index (χ1v) is 36.6. The van der Waals surface area contributed by atoms with Crippen molar-refractivity contribution >= 4 is 11.9 Å². The van der Waals surface area contributed by atoms with E-state index in [-0.39, 0.29) is 25.2 Å².